The number of hydrogen-bond acceptors (Lipinski definition) is 4. The highest BCUT2D eigenvalue weighted by atomic mass is 32.2. The SMILES string of the molecule is Cc1ccccc1C(=O)Nc1cccc(S(=O)(=O)NCc2ccco2)c1. The van der Waals surface area contributed by atoms with Crippen molar-refractivity contribution in [2.24, 2.45) is 0 Å². The summed E-state index contributed by atoms with van der Waals surface area (Å²) in [5, 5.41) is 2.73. The van der Waals surface area contributed by atoms with Crippen LogP contribution in [-0.2, 0) is 16.6 Å². The van der Waals surface area contributed by atoms with E-state index in [1.54, 1.807) is 36.4 Å². The van der Waals surface area contributed by atoms with Crippen LogP contribution in [-0.4, -0.2) is 14.3 Å². The summed E-state index contributed by atoms with van der Waals surface area (Å²) in [7, 11) is -3.73. The fraction of sp³-hybridized carbons (Fsp3) is 0.105. The van der Waals surface area contributed by atoms with Crippen LogP contribution in [0.25, 0.3) is 0 Å². The first kappa shape index (κ1) is 17.9. The number of sulfonamides is 1. The van der Waals surface area contributed by atoms with Gasteiger partial charge in [0, 0.05) is 11.3 Å². The number of benzene rings is 2. The fourth-order valence-corrected chi connectivity index (χ4v) is 3.47. The van der Waals surface area contributed by atoms with E-state index in [1.807, 2.05) is 19.1 Å². The van der Waals surface area contributed by atoms with Gasteiger partial charge < -0.3 is 9.73 Å². The normalized spacial score (nSPS) is 11.3. The number of nitrogens with one attached hydrogen (secondary N) is 2. The Morgan fingerprint density at radius 3 is 2.58 bits per heavy atom. The maximum absolute atomic E-state index is 12.4. The first-order valence-electron chi connectivity index (χ1n) is 7.95. The van der Waals surface area contributed by atoms with E-state index < -0.39 is 10.0 Å². The Kier molecular flexibility index (Phi) is 5.20. The van der Waals surface area contributed by atoms with Crippen molar-refractivity contribution in [1.29, 1.82) is 0 Å². The molecule has 26 heavy (non-hydrogen) atoms. The van der Waals surface area contributed by atoms with Crippen LogP contribution in [0, 0.1) is 6.92 Å². The third-order valence-electron chi connectivity index (χ3n) is 3.81. The number of carbonyl (C=O) groups excluding carboxylic acids is 1. The van der Waals surface area contributed by atoms with Gasteiger partial charge in [0.05, 0.1) is 17.7 Å². The van der Waals surface area contributed by atoms with Crippen LogP contribution in [0.3, 0.4) is 0 Å². The van der Waals surface area contributed by atoms with Gasteiger partial charge in [-0.15, -0.1) is 0 Å². The quantitative estimate of drug-likeness (QED) is 0.697. The molecular formula is C19H18N2O4S. The Labute approximate surface area is 151 Å². The molecule has 134 valence electrons. The predicted octanol–water partition coefficient (Wildman–Crippen LogP) is 3.32. The summed E-state index contributed by atoms with van der Waals surface area (Å²) in [6.07, 6.45) is 1.48. The van der Waals surface area contributed by atoms with Crippen molar-refractivity contribution in [3.05, 3.63) is 83.8 Å². The highest BCUT2D eigenvalue weighted by Gasteiger charge is 2.16. The lowest BCUT2D eigenvalue weighted by atomic mass is 10.1. The van der Waals surface area contributed by atoms with Crippen molar-refractivity contribution in [3.8, 4) is 0 Å². The Balaban J connectivity index is 1.75. The Bertz CT molecular complexity index is 1010. The van der Waals surface area contributed by atoms with Gasteiger partial charge in [0.25, 0.3) is 5.91 Å². The second-order valence-electron chi connectivity index (χ2n) is 5.70. The summed E-state index contributed by atoms with van der Waals surface area (Å²) in [6.45, 7) is 1.89. The number of aryl methyl sites for hydroxylation is 1. The van der Waals surface area contributed by atoms with Gasteiger partial charge in [-0.3, -0.25) is 4.79 Å². The zero-order valence-electron chi connectivity index (χ0n) is 14.1. The van der Waals surface area contributed by atoms with Crippen molar-refractivity contribution < 1.29 is 17.6 Å². The number of rotatable bonds is 6. The standard InChI is InChI=1S/C19H18N2O4S/c1-14-6-2-3-10-18(14)19(22)21-15-7-4-9-17(12-15)26(23,24)20-13-16-8-5-11-25-16/h2-12,20H,13H2,1H3,(H,21,22). The summed E-state index contributed by atoms with van der Waals surface area (Å²) in [4.78, 5) is 12.5. The van der Waals surface area contributed by atoms with Gasteiger partial charge in [-0.1, -0.05) is 24.3 Å². The van der Waals surface area contributed by atoms with Crippen molar-refractivity contribution in [2.45, 2.75) is 18.4 Å². The minimum atomic E-state index is -3.73. The predicted molar refractivity (Wildman–Crippen MR) is 98.3 cm³/mol. The molecule has 0 bridgehead atoms. The van der Waals surface area contributed by atoms with E-state index in [1.165, 1.54) is 18.4 Å². The number of anilines is 1. The highest BCUT2D eigenvalue weighted by Crippen LogP contribution is 2.17. The Morgan fingerprint density at radius 1 is 1.04 bits per heavy atom. The molecular weight excluding hydrogens is 352 g/mol. The minimum Gasteiger partial charge on any atom is -0.468 e. The molecule has 0 aliphatic rings. The molecule has 3 rings (SSSR count). The molecule has 2 aromatic carbocycles. The van der Waals surface area contributed by atoms with Crippen LogP contribution in [0.5, 0.6) is 0 Å². The van der Waals surface area contributed by atoms with Crippen molar-refractivity contribution in [1.82, 2.24) is 4.72 Å². The first-order chi connectivity index (χ1) is 12.5. The van der Waals surface area contributed by atoms with Crippen LogP contribution in [0.1, 0.15) is 21.7 Å². The first-order valence-corrected chi connectivity index (χ1v) is 9.43. The number of hydrogen-bond donors (Lipinski definition) is 2. The molecule has 1 aromatic heterocycles. The molecule has 3 aromatic rings. The molecule has 1 heterocycles. The second kappa shape index (κ2) is 7.55. The lowest BCUT2D eigenvalue weighted by Crippen LogP contribution is -2.23. The van der Waals surface area contributed by atoms with Crippen LogP contribution in [0.2, 0.25) is 0 Å². The smallest absolute Gasteiger partial charge is 0.255 e. The Morgan fingerprint density at radius 2 is 1.85 bits per heavy atom. The summed E-state index contributed by atoms with van der Waals surface area (Å²) >= 11 is 0. The monoisotopic (exact) mass is 370 g/mol. The molecule has 0 radical (unpaired) electrons. The second-order valence-corrected chi connectivity index (χ2v) is 7.47. The molecule has 0 spiro atoms. The van der Waals surface area contributed by atoms with Gasteiger partial charge in [-0.05, 0) is 48.9 Å². The molecule has 2 N–H and O–H groups in total. The highest BCUT2D eigenvalue weighted by molar-refractivity contribution is 7.89. The van der Waals surface area contributed by atoms with Crippen molar-refractivity contribution in [2.75, 3.05) is 5.32 Å². The van der Waals surface area contributed by atoms with E-state index in [9.17, 15) is 13.2 Å². The maximum atomic E-state index is 12.4. The summed E-state index contributed by atoms with van der Waals surface area (Å²) in [5.41, 5.74) is 1.78. The lowest BCUT2D eigenvalue weighted by Gasteiger charge is -2.10. The average molecular weight is 370 g/mol. The number of amides is 1. The van der Waals surface area contributed by atoms with Gasteiger partial charge in [-0.25, -0.2) is 13.1 Å². The van der Waals surface area contributed by atoms with Crippen LogP contribution >= 0.6 is 0 Å². The van der Waals surface area contributed by atoms with E-state index in [2.05, 4.69) is 10.0 Å². The zero-order valence-corrected chi connectivity index (χ0v) is 14.9. The van der Waals surface area contributed by atoms with Gasteiger partial charge in [0.15, 0.2) is 0 Å². The minimum absolute atomic E-state index is 0.0507. The average Bonchev–Trinajstić information content (AvgIpc) is 3.14. The van der Waals surface area contributed by atoms with E-state index in [-0.39, 0.29) is 17.3 Å². The molecule has 0 unspecified atom stereocenters. The van der Waals surface area contributed by atoms with E-state index in [0.717, 1.165) is 5.56 Å². The molecule has 0 saturated heterocycles. The third kappa shape index (κ3) is 4.19. The number of furan rings is 1. The van der Waals surface area contributed by atoms with E-state index in [0.29, 0.717) is 17.0 Å². The molecule has 0 fully saturated rings. The molecule has 0 aliphatic heterocycles. The molecule has 7 heteroatoms. The summed E-state index contributed by atoms with van der Waals surface area (Å²) < 4.78 is 32.4. The lowest BCUT2D eigenvalue weighted by molar-refractivity contribution is 0.102. The van der Waals surface area contributed by atoms with Crippen LogP contribution < -0.4 is 10.0 Å². The maximum Gasteiger partial charge on any atom is 0.255 e. The van der Waals surface area contributed by atoms with Crippen molar-refractivity contribution >= 4 is 21.6 Å². The summed E-state index contributed by atoms with van der Waals surface area (Å²) in [6, 6.07) is 16.7. The molecule has 0 atom stereocenters. The molecule has 6 nitrogen and oxygen atoms in total. The van der Waals surface area contributed by atoms with Gasteiger partial charge >= 0.3 is 0 Å². The van der Waals surface area contributed by atoms with Gasteiger partial charge in [-0.2, -0.15) is 0 Å². The van der Waals surface area contributed by atoms with Gasteiger partial charge in [0.2, 0.25) is 10.0 Å². The molecule has 0 saturated carbocycles. The number of carbonyl (C=O) groups is 1. The molecule has 0 aliphatic carbocycles. The Hall–Kier alpha value is -2.90. The molecule has 1 amide bonds. The third-order valence-corrected chi connectivity index (χ3v) is 5.21. The van der Waals surface area contributed by atoms with Crippen molar-refractivity contribution in [3.63, 3.8) is 0 Å². The van der Waals surface area contributed by atoms with Crippen LogP contribution in [0.4, 0.5) is 5.69 Å². The zero-order chi connectivity index (χ0) is 18.6. The van der Waals surface area contributed by atoms with Gasteiger partial charge in [0.1, 0.15) is 5.76 Å². The topological polar surface area (TPSA) is 88.4 Å². The van der Waals surface area contributed by atoms with E-state index >= 15 is 0 Å². The van der Waals surface area contributed by atoms with E-state index in [4.69, 9.17) is 4.42 Å². The largest absolute Gasteiger partial charge is 0.468 e. The summed E-state index contributed by atoms with van der Waals surface area (Å²) in [5.74, 6) is 0.221. The van der Waals surface area contributed by atoms with Crippen LogP contribution in [0.15, 0.2) is 76.2 Å². The fourth-order valence-electron chi connectivity index (χ4n) is 2.43.